The molecule has 2 aromatic rings. The molecule has 0 aromatic carbocycles. The lowest BCUT2D eigenvalue weighted by Crippen LogP contribution is -1.99. The maximum Gasteiger partial charge on any atom is 0.163 e. The molecule has 2 heterocycles. The van der Waals surface area contributed by atoms with Crippen LogP contribution in [0.4, 0.5) is 5.82 Å². The molecule has 0 amide bonds. The van der Waals surface area contributed by atoms with Crippen molar-refractivity contribution in [1.82, 2.24) is 19.7 Å². The average Bonchev–Trinajstić information content (AvgIpc) is 2.43. The standard InChI is InChI=1S/C9H13N5/c1-4-6-7-8(10)11-5(2)12-9(7)14(3)13-6/h4H2,1-3H3,(H2,10,11,12). The van der Waals surface area contributed by atoms with E-state index in [1.807, 2.05) is 20.9 Å². The van der Waals surface area contributed by atoms with Gasteiger partial charge >= 0.3 is 0 Å². The Hall–Kier alpha value is -1.65. The first-order chi connectivity index (χ1) is 6.63. The highest BCUT2D eigenvalue weighted by atomic mass is 15.3. The van der Waals surface area contributed by atoms with Crippen LogP contribution in [-0.2, 0) is 13.5 Å². The fourth-order valence-electron chi connectivity index (χ4n) is 1.62. The molecule has 0 aliphatic carbocycles. The number of nitrogen functional groups attached to an aromatic ring is 1. The van der Waals surface area contributed by atoms with Gasteiger partial charge in [-0.3, -0.25) is 4.68 Å². The smallest absolute Gasteiger partial charge is 0.163 e. The summed E-state index contributed by atoms with van der Waals surface area (Å²) in [6.07, 6.45) is 0.841. The van der Waals surface area contributed by atoms with Gasteiger partial charge in [-0.2, -0.15) is 5.10 Å². The predicted octanol–water partition coefficient (Wildman–Crippen LogP) is 0.816. The first-order valence-corrected chi connectivity index (χ1v) is 4.59. The number of anilines is 1. The maximum absolute atomic E-state index is 5.84. The monoisotopic (exact) mass is 191 g/mol. The van der Waals surface area contributed by atoms with E-state index in [0.717, 1.165) is 23.1 Å². The van der Waals surface area contributed by atoms with Gasteiger partial charge in [-0.05, 0) is 13.3 Å². The summed E-state index contributed by atoms with van der Waals surface area (Å²) in [5.41, 5.74) is 7.61. The van der Waals surface area contributed by atoms with Crippen LogP contribution in [0.1, 0.15) is 18.4 Å². The summed E-state index contributed by atoms with van der Waals surface area (Å²) in [7, 11) is 1.87. The number of aryl methyl sites for hydroxylation is 3. The van der Waals surface area contributed by atoms with Crippen molar-refractivity contribution < 1.29 is 0 Å². The second-order valence-electron chi connectivity index (χ2n) is 3.28. The molecular weight excluding hydrogens is 178 g/mol. The Kier molecular flexibility index (Phi) is 1.87. The summed E-state index contributed by atoms with van der Waals surface area (Å²) in [6, 6.07) is 0. The van der Waals surface area contributed by atoms with E-state index >= 15 is 0 Å². The van der Waals surface area contributed by atoms with Gasteiger partial charge in [-0.1, -0.05) is 6.92 Å². The number of nitrogens with two attached hydrogens (primary N) is 1. The molecule has 0 saturated carbocycles. The number of fused-ring (bicyclic) bond motifs is 1. The molecule has 0 radical (unpaired) electrons. The minimum absolute atomic E-state index is 0.525. The zero-order chi connectivity index (χ0) is 10.3. The molecule has 0 atom stereocenters. The molecule has 5 heteroatoms. The first kappa shape index (κ1) is 8.93. The van der Waals surface area contributed by atoms with Crippen molar-refractivity contribution in [3.05, 3.63) is 11.5 Å². The van der Waals surface area contributed by atoms with Gasteiger partial charge in [0.25, 0.3) is 0 Å². The SMILES string of the molecule is CCc1nn(C)c2nc(C)nc(N)c12. The van der Waals surface area contributed by atoms with Gasteiger partial charge < -0.3 is 5.73 Å². The Morgan fingerprint density at radius 2 is 2.07 bits per heavy atom. The lowest BCUT2D eigenvalue weighted by molar-refractivity contribution is 0.759. The highest BCUT2D eigenvalue weighted by Crippen LogP contribution is 2.21. The van der Waals surface area contributed by atoms with Crippen LogP contribution >= 0.6 is 0 Å². The number of aromatic nitrogens is 4. The maximum atomic E-state index is 5.84. The van der Waals surface area contributed by atoms with Crippen molar-refractivity contribution in [3.8, 4) is 0 Å². The molecule has 0 fully saturated rings. The third-order valence-electron chi connectivity index (χ3n) is 2.23. The Bertz CT molecular complexity index is 485. The van der Waals surface area contributed by atoms with Gasteiger partial charge in [-0.25, -0.2) is 9.97 Å². The van der Waals surface area contributed by atoms with Crippen molar-refractivity contribution in [3.63, 3.8) is 0 Å². The van der Waals surface area contributed by atoms with E-state index < -0.39 is 0 Å². The van der Waals surface area contributed by atoms with Crippen LogP contribution in [0.3, 0.4) is 0 Å². The second-order valence-corrected chi connectivity index (χ2v) is 3.28. The molecule has 2 N–H and O–H groups in total. The fraction of sp³-hybridized carbons (Fsp3) is 0.444. The molecule has 5 nitrogen and oxygen atoms in total. The summed E-state index contributed by atoms with van der Waals surface area (Å²) in [5, 5.41) is 5.23. The van der Waals surface area contributed by atoms with Gasteiger partial charge in [0.15, 0.2) is 5.65 Å². The number of hydrogen-bond acceptors (Lipinski definition) is 4. The predicted molar refractivity (Wildman–Crippen MR) is 54.8 cm³/mol. The van der Waals surface area contributed by atoms with Crippen LogP contribution in [0.15, 0.2) is 0 Å². The zero-order valence-corrected chi connectivity index (χ0v) is 8.57. The Labute approximate surface area is 82.0 Å². The van der Waals surface area contributed by atoms with Crippen LogP contribution < -0.4 is 5.73 Å². The molecule has 0 spiro atoms. The zero-order valence-electron chi connectivity index (χ0n) is 8.57. The summed E-state index contributed by atoms with van der Waals surface area (Å²) < 4.78 is 1.75. The third-order valence-corrected chi connectivity index (χ3v) is 2.23. The van der Waals surface area contributed by atoms with E-state index in [1.165, 1.54) is 0 Å². The lowest BCUT2D eigenvalue weighted by atomic mass is 10.2. The number of rotatable bonds is 1. The summed E-state index contributed by atoms with van der Waals surface area (Å²) in [6.45, 7) is 3.87. The molecule has 0 aliphatic heterocycles. The largest absolute Gasteiger partial charge is 0.383 e. The molecule has 0 saturated heterocycles. The fourth-order valence-corrected chi connectivity index (χ4v) is 1.62. The Morgan fingerprint density at radius 3 is 2.71 bits per heavy atom. The molecule has 74 valence electrons. The van der Waals surface area contributed by atoms with Gasteiger partial charge in [0.2, 0.25) is 0 Å². The molecular formula is C9H13N5. The first-order valence-electron chi connectivity index (χ1n) is 4.59. The molecule has 2 aromatic heterocycles. The van der Waals surface area contributed by atoms with E-state index in [4.69, 9.17) is 5.73 Å². The highest BCUT2D eigenvalue weighted by molar-refractivity contribution is 5.88. The minimum Gasteiger partial charge on any atom is -0.383 e. The van der Waals surface area contributed by atoms with E-state index in [9.17, 15) is 0 Å². The van der Waals surface area contributed by atoms with Crippen molar-refractivity contribution in [2.45, 2.75) is 20.3 Å². The van der Waals surface area contributed by atoms with Gasteiger partial charge in [-0.15, -0.1) is 0 Å². The molecule has 14 heavy (non-hydrogen) atoms. The number of nitrogens with zero attached hydrogens (tertiary/aromatic N) is 4. The van der Waals surface area contributed by atoms with E-state index in [2.05, 4.69) is 15.1 Å². The van der Waals surface area contributed by atoms with Gasteiger partial charge in [0.1, 0.15) is 11.6 Å². The van der Waals surface area contributed by atoms with Gasteiger partial charge in [0.05, 0.1) is 11.1 Å². The summed E-state index contributed by atoms with van der Waals surface area (Å²) in [4.78, 5) is 8.45. The van der Waals surface area contributed by atoms with Crippen molar-refractivity contribution in [2.24, 2.45) is 7.05 Å². The second kappa shape index (κ2) is 2.94. The van der Waals surface area contributed by atoms with Crippen molar-refractivity contribution >= 4 is 16.9 Å². The Morgan fingerprint density at radius 1 is 1.36 bits per heavy atom. The molecule has 0 unspecified atom stereocenters. The van der Waals surface area contributed by atoms with Crippen molar-refractivity contribution in [1.29, 1.82) is 0 Å². The van der Waals surface area contributed by atoms with E-state index in [-0.39, 0.29) is 0 Å². The van der Waals surface area contributed by atoms with Crippen molar-refractivity contribution in [2.75, 3.05) is 5.73 Å². The highest BCUT2D eigenvalue weighted by Gasteiger charge is 2.12. The molecule has 2 rings (SSSR count). The van der Waals surface area contributed by atoms with Crippen LogP contribution in [-0.4, -0.2) is 19.7 Å². The van der Waals surface area contributed by atoms with E-state index in [0.29, 0.717) is 11.6 Å². The average molecular weight is 191 g/mol. The van der Waals surface area contributed by atoms with Crippen LogP contribution in [0.5, 0.6) is 0 Å². The van der Waals surface area contributed by atoms with E-state index in [1.54, 1.807) is 4.68 Å². The van der Waals surface area contributed by atoms with Gasteiger partial charge in [0, 0.05) is 7.05 Å². The Balaban J connectivity index is 2.89. The topological polar surface area (TPSA) is 69.6 Å². The quantitative estimate of drug-likeness (QED) is 0.724. The summed E-state index contributed by atoms with van der Waals surface area (Å²) >= 11 is 0. The number of hydrogen-bond donors (Lipinski definition) is 1. The normalized spacial score (nSPS) is 11.1. The lowest BCUT2D eigenvalue weighted by Gasteiger charge is -1.98. The third kappa shape index (κ3) is 1.13. The van der Waals surface area contributed by atoms with Crippen LogP contribution in [0, 0.1) is 6.92 Å². The summed E-state index contributed by atoms with van der Waals surface area (Å²) in [5.74, 6) is 1.21. The minimum atomic E-state index is 0.525. The molecule has 0 bridgehead atoms. The van der Waals surface area contributed by atoms with Crippen LogP contribution in [0.2, 0.25) is 0 Å². The van der Waals surface area contributed by atoms with Crippen LogP contribution in [0.25, 0.3) is 11.0 Å². The molecule has 0 aliphatic rings.